The Labute approximate surface area is 165 Å². The molecule has 0 aliphatic heterocycles. The summed E-state index contributed by atoms with van der Waals surface area (Å²) < 4.78 is 91.1. The third kappa shape index (κ3) is 4.14. The Hall–Kier alpha value is -3.36. The van der Waals surface area contributed by atoms with Gasteiger partial charge in [-0.1, -0.05) is 30.3 Å². The van der Waals surface area contributed by atoms with Crippen LogP contribution in [0.1, 0.15) is 21.5 Å². The molecule has 1 N–H and O–H groups in total. The number of halogens is 7. The molecule has 0 amide bonds. The zero-order valence-electron chi connectivity index (χ0n) is 14.8. The number of aromatic carboxylic acids is 1. The first-order valence-electron chi connectivity index (χ1n) is 8.30. The van der Waals surface area contributed by atoms with Crippen LogP contribution in [-0.2, 0) is 12.4 Å². The van der Waals surface area contributed by atoms with E-state index in [4.69, 9.17) is 0 Å². The minimum atomic E-state index is -4.63. The number of benzene rings is 3. The Bertz CT molecular complexity index is 1080. The lowest BCUT2D eigenvalue weighted by molar-refractivity contribution is -0.138. The van der Waals surface area contributed by atoms with Gasteiger partial charge >= 0.3 is 18.3 Å². The number of hydrogen-bond donors (Lipinski definition) is 1. The molecule has 0 unspecified atom stereocenters. The van der Waals surface area contributed by atoms with Crippen molar-refractivity contribution in [2.24, 2.45) is 0 Å². The van der Waals surface area contributed by atoms with E-state index in [0.717, 1.165) is 48.5 Å². The first kappa shape index (κ1) is 21.4. The number of carboxylic acids is 1. The second kappa shape index (κ2) is 7.47. The van der Waals surface area contributed by atoms with Crippen LogP contribution in [0.2, 0.25) is 0 Å². The van der Waals surface area contributed by atoms with Crippen molar-refractivity contribution in [1.82, 2.24) is 0 Å². The lowest BCUT2D eigenvalue weighted by Crippen LogP contribution is -2.07. The second-order valence-corrected chi connectivity index (χ2v) is 6.30. The van der Waals surface area contributed by atoms with Gasteiger partial charge in [0.25, 0.3) is 0 Å². The van der Waals surface area contributed by atoms with Crippen molar-refractivity contribution in [2.45, 2.75) is 12.4 Å². The Kier molecular flexibility index (Phi) is 5.32. The van der Waals surface area contributed by atoms with E-state index in [-0.39, 0.29) is 16.7 Å². The van der Waals surface area contributed by atoms with E-state index in [9.17, 15) is 40.6 Å². The smallest absolute Gasteiger partial charge is 0.416 e. The maximum Gasteiger partial charge on any atom is 0.416 e. The van der Waals surface area contributed by atoms with Crippen molar-refractivity contribution < 1.29 is 40.6 Å². The van der Waals surface area contributed by atoms with Crippen LogP contribution in [0, 0.1) is 5.82 Å². The fourth-order valence-corrected chi connectivity index (χ4v) is 2.99. The zero-order valence-corrected chi connectivity index (χ0v) is 14.8. The Morgan fingerprint density at radius 1 is 0.667 bits per heavy atom. The molecule has 0 radical (unpaired) electrons. The molecule has 156 valence electrons. The SMILES string of the molecule is O=C(O)c1c(-c2ccc(C(F)(F)F)cc2)ccc(F)c1-c1ccc(C(F)(F)F)cc1. The highest BCUT2D eigenvalue weighted by molar-refractivity contribution is 6.03. The van der Waals surface area contributed by atoms with Crippen LogP contribution < -0.4 is 0 Å². The molecule has 0 aliphatic rings. The van der Waals surface area contributed by atoms with Crippen molar-refractivity contribution in [1.29, 1.82) is 0 Å². The van der Waals surface area contributed by atoms with Gasteiger partial charge in [-0.3, -0.25) is 0 Å². The number of hydrogen-bond acceptors (Lipinski definition) is 1. The fourth-order valence-electron chi connectivity index (χ4n) is 2.99. The predicted molar refractivity (Wildman–Crippen MR) is 94.2 cm³/mol. The summed E-state index contributed by atoms with van der Waals surface area (Å²) in [5.41, 5.74) is -3.11. The molecule has 0 saturated carbocycles. The summed E-state index contributed by atoms with van der Waals surface area (Å²) in [6.45, 7) is 0. The molecule has 0 spiro atoms. The van der Waals surface area contributed by atoms with Gasteiger partial charge in [-0.05, 0) is 47.0 Å². The standard InChI is InChI=1S/C21H11F7O2/c22-16-10-9-15(11-1-5-13(6-2-11)20(23,24)25)18(19(29)30)17(16)12-3-7-14(8-4-12)21(26,27)28/h1-10H,(H,29,30). The molecule has 3 rings (SSSR count). The van der Waals surface area contributed by atoms with Gasteiger partial charge in [0.2, 0.25) is 0 Å². The van der Waals surface area contributed by atoms with Crippen molar-refractivity contribution >= 4 is 5.97 Å². The highest BCUT2D eigenvalue weighted by Crippen LogP contribution is 2.38. The first-order chi connectivity index (χ1) is 13.9. The lowest BCUT2D eigenvalue weighted by atomic mass is 9.90. The number of alkyl halides is 6. The Morgan fingerprint density at radius 3 is 1.50 bits per heavy atom. The average Bonchev–Trinajstić information content (AvgIpc) is 2.66. The van der Waals surface area contributed by atoms with E-state index in [2.05, 4.69) is 0 Å². The normalized spacial score (nSPS) is 12.1. The van der Waals surface area contributed by atoms with Crippen LogP contribution >= 0.6 is 0 Å². The van der Waals surface area contributed by atoms with Crippen LogP contribution in [0.15, 0.2) is 60.7 Å². The molecule has 0 bridgehead atoms. The maximum absolute atomic E-state index is 14.5. The van der Waals surface area contributed by atoms with Crippen molar-refractivity contribution in [3.8, 4) is 22.3 Å². The summed E-state index contributed by atoms with van der Waals surface area (Å²) in [5, 5.41) is 9.63. The largest absolute Gasteiger partial charge is 0.478 e. The molecule has 0 saturated heterocycles. The molecule has 0 aromatic heterocycles. The molecule has 0 heterocycles. The first-order valence-corrected chi connectivity index (χ1v) is 8.30. The van der Waals surface area contributed by atoms with Crippen LogP contribution in [0.25, 0.3) is 22.3 Å². The van der Waals surface area contributed by atoms with Gasteiger partial charge in [0.05, 0.1) is 16.7 Å². The van der Waals surface area contributed by atoms with E-state index in [1.54, 1.807) is 0 Å². The van der Waals surface area contributed by atoms with Gasteiger partial charge in [0.15, 0.2) is 0 Å². The molecule has 2 nitrogen and oxygen atoms in total. The summed E-state index contributed by atoms with van der Waals surface area (Å²) in [6, 6.07) is 8.83. The summed E-state index contributed by atoms with van der Waals surface area (Å²) in [5.74, 6) is -2.58. The minimum Gasteiger partial charge on any atom is -0.478 e. The highest BCUT2D eigenvalue weighted by atomic mass is 19.4. The highest BCUT2D eigenvalue weighted by Gasteiger charge is 2.31. The van der Waals surface area contributed by atoms with E-state index in [1.165, 1.54) is 0 Å². The molecule has 9 heteroatoms. The van der Waals surface area contributed by atoms with E-state index in [0.29, 0.717) is 12.1 Å². The van der Waals surface area contributed by atoms with Gasteiger partial charge in [-0.25, -0.2) is 9.18 Å². The molecule has 3 aromatic carbocycles. The summed E-state index contributed by atoms with van der Waals surface area (Å²) in [7, 11) is 0. The number of carboxylic acid groups (broad SMARTS) is 1. The van der Waals surface area contributed by atoms with Gasteiger partial charge < -0.3 is 5.11 Å². The van der Waals surface area contributed by atoms with Crippen LogP contribution in [0.3, 0.4) is 0 Å². The number of rotatable bonds is 3. The molecule has 0 fully saturated rings. The van der Waals surface area contributed by atoms with Crippen LogP contribution in [-0.4, -0.2) is 11.1 Å². The van der Waals surface area contributed by atoms with Crippen molar-refractivity contribution in [3.05, 3.63) is 83.2 Å². The van der Waals surface area contributed by atoms with Gasteiger partial charge in [-0.2, -0.15) is 26.3 Å². The van der Waals surface area contributed by atoms with Gasteiger partial charge in [0.1, 0.15) is 5.82 Å². The van der Waals surface area contributed by atoms with Crippen molar-refractivity contribution in [2.75, 3.05) is 0 Å². The monoisotopic (exact) mass is 428 g/mol. The topological polar surface area (TPSA) is 37.3 Å². The summed E-state index contributed by atoms with van der Waals surface area (Å²) >= 11 is 0. The summed E-state index contributed by atoms with van der Waals surface area (Å²) in [6.07, 6.45) is -9.23. The third-order valence-corrected chi connectivity index (χ3v) is 4.39. The van der Waals surface area contributed by atoms with E-state index in [1.807, 2.05) is 0 Å². The Balaban J connectivity index is 2.17. The minimum absolute atomic E-state index is 0.0764. The quantitative estimate of drug-likeness (QED) is 0.461. The summed E-state index contributed by atoms with van der Waals surface area (Å²) in [4.78, 5) is 11.9. The second-order valence-electron chi connectivity index (χ2n) is 6.30. The third-order valence-electron chi connectivity index (χ3n) is 4.39. The predicted octanol–water partition coefficient (Wildman–Crippen LogP) is 6.90. The molecule has 0 atom stereocenters. The van der Waals surface area contributed by atoms with Gasteiger partial charge in [0, 0.05) is 5.56 Å². The van der Waals surface area contributed by atoms with Crippen LogP contribution in [0.4, 0.5) is 30.7 Å². The zero-order chi connectivity index (χ0) is 22.3. The maximum atomic E-state index is 14.5. The lowest BCUT2D eigenvalue weighted by Gasteiger charge is -2.15. The molecule has 3 aromatic rings. The molecule has 30 heavy (non-hydrogen) atoms. The fraction of sp³-hybridized carbons (Fsp3) is 0.0952. The molecule has 0 aliphatic carbocycles. The number of carbonyl (C=O) groups is 1. The molecular formula is C21H11F7O2. The van der Waals surface area contributed by atoms with Crippen LogP contribution in [0.5, 0.6) is 0 Å². The van der Waals surface area contributed by atoms with E-state index >= 15 is 0 Å². The average molecular weight is 428 g/mol. The molecular weight excluding hydrogens is 417 g/mol. The van der Waals surface area contributed by atoms with Gasteiger partial charge in [-0.15, -0.1) is 0 Å². The van der Waals surface area contributed by atoms with E-state index < -0.39 is 46.4 Å². The Morgan fingerprint density at radius 2 is 1.10 bits per heavy atom. The van der Waals surface area contributed by atoms with Crippen molar-refractivity contribution in [3.63, 3.8) is 0 Å².